The summed E-state index contributed by atoms with van der Waals surface area (Å²) in [5, 5.41) is 2.61. The summed E-state index contributed by atoms with van der Waals surface area (Å²) in [4.78, 5) is 4.89. The molecular formula is C30H31NS. The summed E-state index contributed by atoms with van der Waals surface area (Å²) in [5.74, 6) is 1.65. The lowest BCUT2D eigenvalue weighted by Gasteiger charge is -2.16. The number of aromatic nitrogens is 1. The van der Waals surface area contributed by atoms with E-state index in [2.05, 4.69) is 98.7 Å². The van der Waals surface area contributed by atoms with Gasteiger partial charge in [0, 0.05) is 32.5 Å². The number of H-pyrrole nitrogens is 1. The highest BCUT2D eigenvalue weighted by molar-refractivity contribution is 7.99. The fourth-order valence-corrected chi connectivity index (χ4v) is 5.44. The molecule has 0 aliphatic carbocycles. The first-order valence-corrected chi connectivity index (χ1v) is 12.3. The third kappa shape index (κ3) is 4.92. The van der Waals surface area contributed by atoms with Crippen molar-refractivity contribution in [3.8, 4) is 0 Å². The number of rotatable bonds is 9. The first-order valence-electron chi connectivity index (χ1n) is 11.3. The Bertz CT molecular complexity index is 1290. The molecule has 1 heterocycles. The van der Waals surface area contributed by atoms with Gasteiger partial charge in [-0.05, 0) is 59.2 Å². The van der Waals surface area contributed by atoms with Crippen LogP contribution in [0.25, 0.3) is 27.4 Å². The van der Waals surface area contributed by atoms with E-state index in [1.807, 2.05) is 17.8 Å². The highest BCUT2D eigenvalue weighted by atomic mass is 32.2. The second kappa shape index (κ2) is 10.1. The molecule has 3 aromatic carbocycles. The van der Waals surface area contributed by atoms with Gasteiger partial charge in [0.25, 0.3) is 0 Å². The zero-order valence-electron chi connectivity index (χ0n) is 19.0. The third-order valence-corrected chi connectivity index (χ3v) is 6.89. The van der Waals surface area contributed by atoms with Crippen LogP contribution in [0.1, 0.15) is 30.5 Å². The van der Waals surface area contributed by atoms with Crippen molar-refractivity contribution in [3.63, 3.8) is 0 Å². The predicted octanol–water partition coefficient (Wildman–Crippen LogP) is 8.61. The van der Waals surface area contributed by atoms with Crippen LogP contribution in [0.3, 0.4) is 0 Å². The van der Waals surface area contributed by atoms with Crippen LogP contribution in [0.2, 0.25) is 0 Å². The second-order valence-corrected chi connectivity index (χ2v) is 9.77. The number of nitrogens with one attached hydrogen (secondary N) is 1. The molecule has 0 aliphatic rings. The topological polar surface area (TPSA) is 15.8 Å². The number of thioether (sulfide) groups is 1. The molecule has 0 unspecified atom stereocenters. The van der Waals surface area contributed by atoms with Gasteiger partial charge in [0.05, 0.1) is 0 Å². The fraction of sp³-hybridized carbons (Fsp3) is 0.200. The van der Waals surface area contributed by atoms with E-state index in [-0.39, 0.29) is 0 Å². The van der Waals surface area contributed by atoms with Crippen LogP contribution in [0.15, 0.2) is 96.9 Å². The maximum absolute atomic E-state index is 4.32. The Morgan fingerprint density at radius 3 is 2.62 bits per heavy atom. The molecule has 0 spiro atoms. The van der Waals surface area contributed by atoms with Crippen molar-refractivity contribution in [2.45, 2.75) is 31.6 Å². The molecule has 0 radical (unpaired) electrons. The smallest absolute Gasteiger partial charge is 0.0465 e. The molecule has 0 saturated heterocycles. The summed E-state index contributed by atoms with van der Waals surface area (Å²) >= 11 is 1.95. The highest BCUT2D eigenvalue weighted by Crippen LogP contribution is 2.34. The van der Waals surface area contributed by atoms with Gasteiger partial charge in [0.1, 0.15) is 0 Å². The van der Waals surface area contributed by atoms with E-state index < -0.39 is 0 Å². The highest BCUT2D eigenvalue weighted by Gasteiger charge is 2.12. The van der Waals surface area contributed by atoms with Crippen molar-refractivity contribution in [1.29, 1.82) is 0 Å². The van der Waals surface area contributed by atoms with E-state index >= 15 is 0 Å². The van der Waals surface area contributed by atoms with Crippen molar-refractivity contribution in [2.24, 2.45) is 5.92 Å². The number of para-hydroxylation sites is 1. The monoisotopic (exact) mass is 437 g/mol. The standard InChI is InChI=1S/C30H31NS/c1-5-6-10-22(4)25-13-9-11-24(19-21(2)3)30(25)32-18-17-23-15-16-29-27(20-23)26-12-7-8-14-28(26)31-29/h5-16,20-21,31H,1,4,17-19H2,2-3H3/b10-6-. The van der Waals surface area contributed by atoms with E-state index in [1.165, 1.54) is 43.4 Å². The van der Waals surface area contributed by atoms with Crippen molar-refractivity contribution in [1.82, 2.24) is 4.98 Å². The van der Waals surface area contributed by atoms with Crippen molar-refractivity contribution < 1.29 is 0 Å². The van der Waals surface area contributed by atoms with E-state index in [0.29, 0.717) is 5.92 Å². The third-order valence-electron chi connectivity index (χ3n) is 5.71. The Labute approximate surface area is 195 Å². The summed E-state index contributed by atoms with van der Waals surface area (Å²) < 4.78 is 0. The molecule has 162 valence electrons. The molecule has 1 N–H and O–H groups in total. The number of allylic oxidation sites excluding steroid dienone is 4. The Morgan fingerprint density at radius 2 is 1.81 bits per heavy atom. The zero-order chi connectivity index (χ0) is 22.5. The zero-order valence-corrected chi connectivity index (χ0v) is 19.8. The minimum Gasteiger partial charge on any atom is -0.355 e. The maximum Gasteiger partial charge on any atom is 0.0465 e. The predicted molar refractivity (Wildman–Crippen MR) is 144 cm³/mol. The van der Waals surface area contributed by atoms with Crippen molar-refractivity contribution in [3.05, 3.63) is 109 Å². The van der Waals surface area contributed by atoms with Gasteiger partial charge >= 0.3 is 0 Å². The van der Waals surface area contributed by atoms with Crippen LogP contribution in [0.5, 0.6) is 0 Å². The van der Waals surface area contributed by atoms with E-state index in [1.54, 1.807) is 6.08 Å². The minimum absolute atomic E-state index is 0.617. The SMILES string of the molecule is C=C/C=C\C(=C)c1cccc(CC(C)C)c1SCCc1ccc2[nH]c3ccccc3c2c1. The van der Waals surface area contributed by atoms with Crippen LogP contribution in [0.4, 0.5) is 0 Å². The molecule has 4 rings (SSSR count). The molecule has 32 heavy (non-hydrogen) atoms. The number of benzene rings is 3. The van der Waals surface area contributed by atoms with Gasteiger partial charge in [0.2, 0.25) is 0 Å². The molecule has 0 fully saturated rings. The van der Waals surface area contributed by atoms with E-state index in [4.69, 9.17) is 0 Å². The maximum atomic E-state index is 4.32. The van der Waals surface area contributed by atoms with Crippen molar-refractivity contribution in [2.75, 3.05) is 5.75 Å². The summed E-state index contributed by atoms with van der Waals surface area (Å²) in [6.45, 7) is 12.7. The number of aromatic amines is 1. The van der Waals surface area contributed by atoms with Gasteiger partial charge in [-0.2, -0.15) is 0 Å². The molecular weight excluding hydrogens is 406 g/mol. The van der Waals surface area contributed by atoms with Crippen molar-refractivity contribution >= 4 is 39.1 Å². The average molecular weight is 438 g/mol. The number of hydrogen-bond donors (Lipinski definition) is 1. The lowest BCUT2D eigenvalue weighted by atomic mass is 9.98. The number of hydrogen-bond acceptors (Lipinski definition) is 1. The van der Waals surface area contributed by atoms with Crippen LogP contribution >= 0.6 is 11.8 Å². The van der Waals surface area contributed by atoms with Crippen LogP contribution in [-0.2, 0) is 12.8 Å². The first kappa shape index (κ1) is 22.2. The molecule has 0 atom stereocenters. The molecule has 1 aromatic heterocycles. The van der Waals surface area contributed by atoms with Crippen LogP contribution in [0, 0.1) is 5.92 Å². The molecule has 0 amide bonds. The Kier molecular flexibility index (Phi) is 7.02. The summed E-state index contributed by atoms with van der Waals surface area (Å²) in [7, 11) is 0. The van der Waals surface area contributed by atoms with Crippen LogP contribution in [-0.4, -0.2) is 10.7 Å². The van der Waals surface area contributed by atoms with Gasteiger partial charge in [-0.25, -0.2) is 0 Å². The van der Waals surface area contributed by atoms with Gasteiger partial charge in [-0.1, -0.05) is 87.7 Å². The van der Waals surface area contributed by atoms with Gasteiger partial charge < -0.3 is 4.98 Å². The Morgan fingerprint density at radius 1 is 1.00 bits per heavy atom. The molecule has 4 aromatic rings. The molecule has 0 bridgehead atoms. The molecule has 0 saturated carbocycles. The summed E-state index contributed by atoms with van der Waals surface area (Å²) in [6, 6.07) is 22.0. The Balaban J connectivity index is 1.57. The quantitative estimate of drug-likeness (QED) is 0.205. The van der Waals surface area contributed by atoms with E-state index in [0.717, 1.165) is 24.2 Å². The van der Waals surface area contributed by atoms with Gasteiger partial charge in [0.15, 0.2) is 0 Å². The second-order valence-electron chi connectivity index (χ2n) is 8.66. The fourth-order valence-electron chi connectivity index (χ4n) is 4.20. The number of fused-ring (bicyclic) bond motifs is 3. The van der Waals surface area contributed by atoms with E-state index in [9.17, 15) is 0 Å². The first-order chi connectivity index (χ1) is 15.6. The summed E-state index contributed by atoms with van der Waals surface area (Å²) in [5.41, 5.74) is 7.48. The summed E-state index contributed by atoms with van der Waals surface area (Å²) in [6.07, 6.45) is 7.93. The largest absolute Gasteiger partial charge is 0.355 e. The van der Waals surface area contributed by atoms with Gasteiger partial charge in [-0.15, -0.1) is 11.8 Å². The lowest BCUT2D eigenvalue weighted by molar-refractivity contribution is 0.640. The normalized spacial score (nSPS) is 11.7. The van der Waals surface area contributed by atoms with Crippen LogP contribution < -0.4 is 0 Å². The average Bonchev–Trinajstić information content (AvgIpc) is 3.16. The number of aryl methyl sites for hydroxylation is 1. The molecule has 2 heteroatoms. The lowest BCUT2D eigenvalue weighted by Crippen LogP contribution is -2.00. The molecule has 1 nitrogen and oxygen atoms in total. The Hall–Kier alpha value is -2.97. The van der Waals surface area contributed by atoms with Gasteiger partial charge in [-0.3, -0.25) is 0 Å². The minimum atomic E-state index is 0.617. The molecule has 0 aliphatic heterocycles.